The molecule has 136 valence electrons. The van der Waals surface area contributed by atoms with Gasteiger partial charge in [-0.25, -0.2) is 0 Å². The van der Waals surface area contributed by atoms with Crippen molar-refractivity contribution in [2.75, 3.05) is 24.5 Å². The molecule has 0 aromatic heterocycles. The van der Waals surface area contributed by atoms with Gasteiger partial charge >= 0.3 is 0 Å². The van der Waals surface area contributed by atoms with Crippen LogP contribution >= 0.6 is 0 Å². The average molecular weight is 335 g/mol. The average Bonchev–Trinajstić information content (AvgIpc) is 2.43. The zero-order valence-corrected chi connectivity index (χ0v) is 15.7. The Morgan fingerprint density at radius 3 is 2.58 bits per heavy atom. The molecule has 4 heteroatoms. The van der Waals surface area contributed by atoms with Crippen LogP contribution in [0.3, 0.4) is 0 Å². The van der Waals surface area contributed by atoms with Gasteiger partial charge < -0.3 is 20.8 Å². The SMILES string of the molecule is CCN(CC1(O)CC(C)CC(C)(C)C1)c1c(O)cccc1CCN. The Kier molecular flexibility index (Phi) is 5.82. The largest absolute Gasteiger partial charge is 0.506 e. The van der Waals surface area contributed by atoms with Crippen LogP contribution in [0.1, 0.15) is 52.5 Å². The second-order valence-electron chi connectivity index (χ2n) is 8.42. The molecule has 4 nitrogen and oxygen atoms in total. The molecule has 24 heavy (non-hydrogen) atoms. The maximum absolute atomic E-state index is 11.3. The molecule has 4 N–H and O–H groups in total. The molecular formula is C20H34N2O2. The van der Waals surface area contributed by atoms with Gasteiger partial charge in [0, 0.05) is 13.1 Å². The van der Waals surface area contributed by atoms with E-state index in [0.29, 0.717) is 19.0 Å². The van der Waals surface area contributed by atoms with E-state index in [1.54, 1.807) is 6.07 Å². The van der Waals surface area contributed by atoms with Crippen LogP contribution in [0.2, 0.25) is 0 Å². The molecule has 1 aliphatic rings. The van der Waals surface area contributed by atoms with E-state index in [2.05, 4.69) is 32.6 Å². The fraction of sp³-hybridized carbons (Fsp3) is 0.700. The van der Waals surface area contributed by atoms with E-state index in [9.17, 15) is 10.2 Å². The molecule has 0 bridgehead atoms. The summed E-state index contributed by atoms with van der Waals surface area (Å²) in [5.41, 5.74) is 7.03. The van der Waals surface area contributed by atoms with Gasteiger partial charge in [0.25, 0.3) is 0 Å². The molecule has 0 aliphatic heterocycles. The first kappa shape index (κ1) is 19.1. The van der Waals surface area contributed by atoms with Crippen molar-refractivity contribution in [3.63, 3.8) is 0 Å². The van der Waals surface area contributed by atoms with E-state index < -0.39 is 5.60 Å². The highest BCUT2D eigenvalue weighted by Gasteiger charge is 2.42. The number of phenolic OH excluding ortho intramolecular Hbond substituents is 1. The Labute approximate surface area is 146 Å². The third-order valence-corrected chi connectivity index (χ3v) is 5.13. The number of aliphatic hydroxyl groups is 1. The summed E-state index contributed by atoms with van der Waals surface area (Å²) in [6, 6.07) is 5.59. The van der Waals surface area contributed by atoms with Crippen molar-refractivity contribution in [2.45, 2.75) is 59.0 Å². The summed E-state index contributed by atoms with van der Waals surface area (Å²) in [5, 5.41) is 21.7. The van der Waals surface area contributed by atoms with Crippen LogP contribution in [0.4, 0.5) is 5.69 Å². The molecule has 1 fully saturated rings. The Morgan fingerprint density at radius 2 is 2.00 bits per heavy atom. The van der Waals surface area contributed by atoms with Crippen LogP contribution in [0.5, 0.6) is 5.75 Å². The number of phenols is 1. The molecule has 0 amide bonds. The first-order valence-corrected chi connectivity index (χ1v) is 9.18. The van der Waals surface area contributed by atoms with Gasteiger partial charge in [-0.3, -0.25) is 0 Å². The number of anilines is 1. The molecular weight excluding hydrogens is 300 g/mol. The predicted molar refractivity (Wildman–Crippen MR) is 100 cm³/mol. The van der Waals surface area contributed by atoms with E-state index in [1.807, 2.05) is 12.1 Å². The predicted octanol–water partition coefficient (Wildman–Crippen LogP) is 3.30. The highest BCUT2D eigenvalue weighted by Crippen LogP contribution is 2.45. The summed E-state index contributed by atoms with van der Waals surface area (Å²) in [5.74, 6) is 0.778. The van der Waals surface area contributed by atoms with Crippen molar-refractivity contribution in [3.05, 3.63) is 23.8 Å². The number of benzene rings is 1. The lowest BCUT2D eigenvalue weighted by Gasteiger charge is -2.47. The minimum atomic E-state index is -0.723. The first-order valence-electron chi connectivity index (χ1n) is 9.18. The number of aromatic hydroxyl groups is 1. The highest BCUT2D eigenvalue weighted by atomic mass is 16.3. The second-order valence-corrected chi connectivity index (χ2v) is 8.42. The minimum Gasteiger partial charge on any atom is -0.506 e. The van der Waals surface area contributed by atoms with Gasteiger partial charge in [0.15, 0.2) is 0 Å². The highest BCUT2D eigenvalue weighted by molar-refractivity contribution is 5.63. The minimum absolute atomic E-state index is 0.144. The smallest absolute Gasteiger partial charge is 0.139 e. The van der Waals surface area contributed by atoms with Gasteiger partial charge in [0.05, 0.1) is 11.3 Å². The summed E-state index contributed by atoms with van der Waals surface area (Å²) >= 11 is 0. The lowest BCUT2D eigenvalue weighted by atomic mass is 9.65. The normalized spacial score (nSPS) is 26.3. The molecule has 1 aromatic carbocycles. The number of para-hydroxylation sites is 1. The first-order chi connectivity index (χ1) is 11.2. The summed E-state index contributed by atoms with van der Waals surface area (Å²) < 4.78 is 0. The fourth-order valence-corrected chi connectivity index (χ4v) is 4.82. The number of nitrogens with two attached hydrogens (primary N) is 1. The lowest BCUT2D eigenvalue weighted by molar-refractivity contribution is -0.0517. The quantitative estimate of drug-likeness (QED) is 0.746. The monoisotopic (exact) mass is 334 g/mol. The van der Waals surface area contributed by atoms with Crippen molar-refractivity contribution in [1.29, 1.82) is 0 Å². The molecule has 0 radical (unpaired) electrons. The van der Waals surface area contributed by atoms with E-state index in [-0.39, 0.29) is 11.2 Å². The second kappa shape index (κ2) is 7.32. The number of rotatable bonds is 6. The molecule has 2 atom stereocenters. The number of nitrogens with zero attached hydrogens (tertiary/aromatic N) is 1. The van der Waals surface area contributed by atoms with Gasteiger partial charge in [-0.1, -0.05) is 32.9 Å². The molecule has 2 unspecified atom stereocenters. The van der Waals surface area contributed by atoms with E-state index >= 15 is 0 Å². The molecule has 1 aliphatic carbocycles. The van der Waals surface area contributed by atoms with Crippen LogP contribution in [0.15, 0.2) is 18.2 Å². The summed E-state index contributed by atoms with van der Waals surface area (Å²) in [7, 11) is 0. The number of hydrogen-bond donors (Lipinski definition) is 3. The zero-order valence-electron chi connectivity index (χ0n) is 15.7. The van der Waals surface area contributed by atoms with Gasteiger partial charge in [-0.2, -0.15) is 0 Å². The maximum Gasteiger partial charge on any atom is 0.139 e. The Bertz CT molecular complexity index is 559. The molecule has 2 rings (SSSR count). The van der Waals surface area contributed by atoms with Crippen LogP contribution in [-0.2, 0) is 6.42 Å². The molecule has 1 aromatic rings. The summed E-state index contributed by atoms with van der Waals surface area (Å²) in [6.45, 7) is 10.6. The van der Waals surface area contributed by atoms with E-state index in [4.69, 9.17) is 5.73 Å². The molecule has 1 saturated carbocycles. The lowest BCUT2D eigenvalue weighted by Crippen LogP contribution is -2.50. The third kappa shape index (κ3) is 4.42. The van der Waals surface area contributed by atoms with Gasteiger partial charge in [-0.05, 0) is 62.1 Å². The molecule has 0 spiro atoms. The molecule has 0 saturated heterocycles. The van der Waals surface area contributed by atoms with Gasteiger partial charge in [-0.15, -0.1) is 0 Å². The summed E-state index contributed by atoms with van der Waals surface area (Å²) in [6.07, 6.45) is 3.48. The fourth-order valence-electron chi connectivity index (χ4n) is 4.82. The Hall–Kier alpha value is -1.26. The number of likely N-dealkylation sites (N-methyl/N-ethyl adjacent to an activating group) is 1. The van der Waals surface area contributed by atoms with Crippen molar-refractivity contribution in [2.24, 2.45) is 17.1 Å². The van der Waals surface area contributed by atoms with Crippen LogP contribution in [0, 0.1) is 11.3 Å². The van der Waals surface area contributed by atoms with Gasteiger partial charge in [0.2, 0.25) is 0 Å². The van der Waals surface area contributed by atoms with E-state index in [1.165, 1.54) is 0 Å². The topological polar surface area (TPSA) is 69.7 Å². The number of hydrogen-bond acceptors (Lipinski definition) is 4. The van der Waals surface area contributed by atoms with Crippen LogP contribution < -0.4 is 10.6 Å². The summed E-state index contributed by atoms with van der Waals surface area (Å²) in [4.78, 5) is 2.12. The zero-order chi connectivity index (χ0) is 18.0. The van der Waals surface area contributed by atoms with Gasteiger partial charge in [0.1, 0.15) is 5.75 Å². The Morgan fingerprint density at radius 1 is 1.29 bits per heavy atom. The van der Waals surface area contributed by atoms with Crippen LogP contribution in [0.25, 0.3) is 0 Å². The van der Waals surface area contributed by atoms with Crippen molar-refractivity contribution >= 4 is 5.69 Å². The maximum atomic E-state index is 11.3. The van der Waals surface area contributed by atoms with Crippen molar-refractivity contribution < 1.29 is 10.2 Å². The van der Waals surface area contributed by atoms with Crippen LogP contribution in [-0.4, -0.2) is 35.4 Å². The Balaban J connectivity index is 2.30. The molecule has 0 heterocycles. The standard InChI is InChI=1S/C20H34N2O2/c1-5-22(18-16(9-10-21)7-6-8-17(18)23)14-20(24)12-15(2)11-19(3,4)13-20/h6-8,15,23-24H,5,9-14,21H2,1-4H3. The third-order valence-electron chi connectivity index (χ3n) is 5.13. The van der Waals surface area contributed by atoms with Crippen molar-refractivity contribution in [1.82, 2.24) is 0 Å². The van der Waals surface area contributed by atoms with Crippen molar-refractivity contribution in [3.8, 4) is 5.75 Å². The van der Waals surface area contributed by atoms with E-state index in [0.717, 1.165) is 43.5 Å².